The van der Waals surface area contributed by atoms with Gasteiger partial charge in [-0.1, -0.05) is 29.8 Å². The Labute approximate surface area is 184 Å². The first-order valence-electron chi connectivity index (χ1n) is 9.32. The fourth-order valence-electron chi connectivity index (χ4n) is 3.63. The van der Waals surface area contributed by atoms with Crippen LogP contribution in [0.4, 0.5) is 27.6 Å². The molecular weight excluding hydrogens is 471 g/mol. The van der Waals surface area contributed by atoms with Crippen LogP contribution in [0.1, 0.15) is 28.8 Å². The van der Waals surface area contributed by atoms with Crippen LogP contribution in [-0.2, 0) is 10.0 Å². The number of hydrogen-bond acceptors (Lipinski definition) is 4. The predicted octanol–water partition coefficient (Wildman–Crippen LogP) is 5.09. The molecule has 1 saturated heterocycles. The summed E-state index contributed by atoms with van der Waals surface area (Å²) in [7, 11) is -4.45. The van der Waals surface area contributed by atoms with Gasteiger partial charge in [0.2, 0.25) is 15.8 Å². The Hall–Kier alpha value is -3.38. The lowest BCUT2D eigenvalue weighted by Gasteiger charge is -2.09. The number of hydrogen-bond donors (Lipinski definition) is 0. The van der Waals surface area contributed by atoms with Crippen LogP contribution >= 0.6 is 0 Å². The maximum absolute atomic E-state index is 14.5. The summed E-state index contributed by atoms with van der Waals surface area (Å²) in [6, 6.07) is 6.72. The minimum atomic E-state index is -4.45. The Morgan fingerprint density at radius 3 is 1.76 bits per heavy atom. The van der Waals surface area contributed by atoms with E-state index in [4.69, 9.17) is 0 Å². The van der Waals surface area contributed by atoms with Crippen LogP contribution in [0.2, 0.25) is 0 Å². The summed E-state index contributed by atoms with van der Waals surface area (Å²) >= 11 is 0. The van der Waals surface area contributed by atoms with Crippen molar-refractivity contribution in [1.29, 1.82) is 0 Å². The first kappa shape index (κ1) is 22.8. The fourth-order valence-corrected chi connectivity index (χ4v) is 5.36. The quantitative estimate of drug-likeness (QED) is 0.126. The highest BCUT2D eigenvalue weighted by Gasteiger charge is 2.59. The minimum absolute atomic E-state index is 0.0743. The van der Waals surface area contributed by atoms with Crippen molar-refractivity contribution in [2.75, 3.05) is 0 Å². The topological polar surface area (TPSA) is 80.3 Å². The third-order valence-corrected chi connectivity index (χ3v) is 7.22. The summed E-state index contributed by atoms with van der Waals surface area (Å²) in [6.45, 7) is 1.70. The zero-order valence-corrected chi connectivity index (χ0v) is 17.4. The predicted molar refractivity (Wildman–Crippen MR) is 105 cm³/mol. The van der Waals surface area contributed by atoms with Gasteiger partial charge in [0.1, 0.15) is 0 Å². The zero-order chi connectivity index (χ0) is 24.2. The maximum Gasteiger partial charge on any atom is 0.269 e. The van der Waals surface area contributed by atoms with Gasteiger partial charge >= 0.3 is 0 Å². The van der Waals surface area contributed by atoms with Crippen LogP contribution in [0, 0.1) is 46.1 Å². The number of halogens is 5. The van der Waals surface area contributed by atoms with Crippen LogP contribution in [0.15, 0.2) is 53.4 Å². The number of sulfonamides is 1. The molecule has 33 heavy (non-hydrogen) atoms. The van der Waals surface area contributed by atoms with E-state index in [0.717, 1.165) is 29.8 Å². The number of rotatable bonds is 5. The second-order valence-corrected chi connectivity index (χ2v) is 9.21. The minimum Gasteiger partial charge on any atom is -0.258 e. The van der Waals surface area contributed by atoms with Gasteiger partial charge in [-0.25, -0.2) is 30.4 Å². The number of aryl methyl sites for hydroxylation is 1. The first-order chi connectivity index (χ1) is 15.5. The lowest BCUT2D eigenvalue weighted by Crippen LogP contribution is -2.15. The second-order valence-electron chi connectivity index (χ2n) is 7.37. The van der Waals surface area contributed by atoms with Gasteiger partial charge < -0.3 is 0 Å². The molecule has 0 radical (unpaired) electrons. The normalized spacial score (nSPS) is 20.0. The Balaban J connectivity index is 1.88. The number of nitro benzene ring substituents is 1. The van der Waals surface area contributed by atoms with Crippen molar-refractivity contribution in [1.82, 2.24) is 4.31 Å². The second kappa shape index (κ2) is 7.89. The van der Waals surface area contributed by atoms with E-state index in [-0.39, 0.29) is 16.1 Å². The highest BCUT2D eigenvalue weighted by Crippen LogP contribution is 2.59. The van der Waals surface area contributed by atoms with Crippen molar-refractivity contribution in [2.45, 2.75) is 23.9 Å². The highest BCUT2D eigenvalue weighted by atomic mass is 32.2. The molecule has 0 saturated carbocycles. The number of benzene rings is 3. The summed E-state index contributed by atoms with van der Waals surface area (Å²) in [5, 5.41) is 10.9. The van der Waals surface area contributed by atoms with Gasteiger partial charge in [-0.3, -0.25) is 10.1 Å². The van der Waals surface area contributed by atoms with Gasteiger partial charge in [-0.15, -0.1) is 0 Å². The Morgan fingerprint density at radius 2 is 1.27 bits per heavy atom. The van der Waals surface area contributed by atoms with Crippen molar-refractivity contribution < 1.29 is 35.3 Å². The Kier molecular flexibility index (Phi) is 5.45. The van der Waals surface area contributed by atoms with Crippen LogP contribution in [0.25, 0.3) is 0 Å². The molecule has 1 fully saturated rings. The average Bonchev–Trinajstić information content (AvgIpc) is 3.53. The molecule has 12 heteroatoms. The third kappa shape index (κ3) is 3.64. The van der Waals surface area contributed by atoms with E-state index in [0.29, 0.717) is 4.31 Å². The van der Waals surface area contributed by atoms with Crippen molar-refractivity contribution in [2.24, 2.45) is 0 Å². The molecule has 6 nitrogen and oxygen atoms in total. The molecule has 1 unspecified atom stereocenters. The van der Waals surface area contributed by atoms with E-state index in [1.54, 1.807) is 6.92 Å². The molecule has 3 atom stereocenters. The molecule has 0 spiro atoms. The molecule has 3 aromatic rings. The summed E-state index contributed by atoms with van der Waals surface area (Å²) in [6.07, 6.45) is 0. The standard InChI is InChI=1S/C21H13F5N2O4S/c1-10-2-8-13(9-3-10)33(31,32)27-20(11-4-6-12(7-5-11)28(29)30)21(27)14-15(22)17(24)19(26)18(25)16(14)23/h2-9,20-21H,1H3/t20-,21-,27?/m1/s1. The molecule has 3 aromatic carbocycles. The van der Waals surface area contributed by atoms with E-state index in [1.165, 1.54) is 24.3 Å². The molecule has 172 valence electrons. The molecule has 1 aliphatic rings. The molecule has 0 aliphatic carbocycles. The van der Waals surface area contributed by atoms with Gasteiger partial charge in [0, 0.05) is 12.1 Å². The van der Waals surface area contributed by atoms with Crippen LogP contribution < -0.4 is 0 Å². The highest BCUT2D eigenvalue weighted by molar-refractivity contribution is 7.89. The van der Waals surface area contributed by atoms with Crippen molar-refractivity contribution in [3.8, 4) is 0 Å². The van der Waals surface area contributed by atoms with E-state index in [2.05, 4.69) is 0 Å². The smallest absolute Gasteiger partial charge is 0.258 e. The lowest BCUT2D eigenvalue weighted by atomic mass is 10.0. The number of non-ortho nitro benzene ring substituents is 1. The van der Waals surface area contributed by atoms with Crippen LogP contribution in [-0.4, -0.2) is 17.6 Å². The number of nitrogens with zero attached hydrogens (tertiary/aromatic N) is 2. The molecule has 4 rings (SSSR count). The van der Waals surface area contributed by atoms with Gasteiger partial charge in [-0.2, -0.15) is 4.31 Å². The summed E-state index contributed by atoms with van der Waals surface area (Å²) < 4.78 is 97.4. The first-order valence-corrected chi connectivity index (χ1v) is 10.8. The van der Waals surface area contributed by atoms with Crippen molar-refractivity contribution >= 4 is 15.7 Å². The Morgan fingerprint density at radius 1 is 0.788 bits per heavy atom. The number of nitro groups is 1. The zero-order valence-electron chi connectivity index (χ0n) is 16.6. The maximum atomic E-state index is 14.5. The van der Waals surface area contributed by atoms with Crippen molar-refractivity contribution in [3.05, 3.63) is 104 Å². The largest absolute Gasteiger partial charge is 0.269 e. The fraction of sp³-hybridized carbons (Fsp3) is 0.143. The molecular formula is C21H13F5N2O4S. The lowest BCUT2D eigenvalue weighted by molar-refractivity contribution is -0.384. The van der Waals surface area contributed by atoms with Crippen LogP contribution in [0.3, 0.4) is 0 Å². The molecule has 0 amide bonds. The summed E-state index contributed by atoms with van der Waals surface area (Å²) in [5.74, 6) is -11.1. The SMILES string of the molecule is Cc1ccc(S(=O)(=O)N2[C@H](c3ccc([N+](=O)[O-])cc3)[C@H]2c2c(F)c(F)c(F)c(F)c2F)cc1. The van der Waals surface area contributed by atoms with Crippen LogP contribution in [0.5, 0.6) is 0 Å². The van der Waals surface area contributed by atoms with Gasteiger partial charge in [0.05, 0.1) is 27.5 Å². The molecule has 1 aliphatic heterocycles. The van der Waals surface area contributed by atoms with Crippen molar-refractivity contribution in [3.63, 3.8) is 0 Å². The van der Waals surface area contributed by atoms with E-state index in [1.807, 2.05) is 0 Å². The van der Waals surface area contributed by atoms with Gasteiger partial charge in [0.15, 0.2) is 23.3 Å². The van der Waals surface area contributed by atoms with E-state index in [9.17, 15) is 40.5 Å². The Bertz CT molecular complexity index is 1350. The summed E-state index contributed by atoms with van der Waals surface area (Å²) in [4.78, 5) is 9.93. The monoisotopic (exact) mass is 484 g/mol. The van der Waals surface area contributed by atoms with E-state index < -0.39 is 61.7 Å². The molecule has 0 N–H and O–H groups in total. The van der Waals surface area contributed by atoms with Gasteiger partial charge in [-0.05, 0) is 24.6 Å². The van der Waals surface area contributed by atoms with Gasteiger partial charge in [0.25, 0.3) is 5.69 Å². The molecule has 1 heterocycles. The molecule has 0 aromatic heterocycles. The summed E-state index contributed by atoms with van der Waals surface area (Å²) in [5.41, 5.74) is -0.834. The third-order valence-electron chi connectivity index (χ3n) is 5.34. The molecule has 0 bridgehead atoms. The average molecular weight is 484 g/mol. The van der Waals surface area contributed by atoms with E-state index >= 15 is 0 Å².